The van der Waals surface area contributed by atoms with Crippen LogP contribution < -0.4 is 19.5 Å². The molecule has 0 heterocycles. The van der Waals surface area contributed by atoms with Gasteiger partial charge in [-0.15, -0.1) is 0 Å². The van der Waals surface area contributed by atoms with Crippen molar-refractivity contribution < 1.29 is 19.0 Å². The fourth-order valence-electron chi connectivity index (χ4n) is 3.29. The van der Waals surface area contributed by atoms with Crippen LogP contribution in [0.1, 0.15) is 38.2 Å². The van der Waals surface area contributed by atoms with Gasteiger partial charge in [0.25, 0.3) is 0 Å². The molecule has 1 aliphatic carbocycles. The topological polar surface area (TPSA) is 60.0 Å². The summed E-state index contributed by atoms with van der Waals surface area (Å²) in [5.74, 6) is 1.91. The fraction of sp³-hybridized carbons (Fsp3) is 0.632. The van der Waals surface area contributed by atoms with Crippen LogP contribution in [0.15, 0.2) is 12.1 Å². The average molecular weight is 350 g/mol. The highest BCUT2D eigenvalue weighted by molar-refractivity contribution is 5.81. The minimum absolute atomic E-state index is 0.0776. The van der Waals surface area contributed by atoms with E-state index in [0.717, 1.165) is 18.4 Å². The number of hydrogen-bond donors (Lipinski definition) is 1. The van der Waals surface area contributed by atoms with E-state index in [1.807, 2.05) is 31.0 Å². The fourth-order valence-corrected chi connectivity index (χ4v) is 3.29. The van der Waals surface area contributed by atoms with Gasteiger partial charge in [0.15, 0.2) is 11.5 Å². The molecule has 0 aromatic heterocycles. The lowest BCUT2D eigenvalue weighted by Crippen LogP contribution is -2.46. The molecular formula is C19H30N2O4. The summed E-state index contributed by atoms with van der Waals surface area (Å²) in [4.78, 5) is 14.5. The Labute approximate surface area is 150 Å². The lowest BCUT2D eigenvalue weighted by atomic mass is 10.1. The number of rotatable bonds is 8. The van der Waals surface area contributed by atoms with Crippen LogP contribution in [-0.2, 0) is 11.3 Å². The Balaban J connectivity index is 2.08. The summed E-state index contributed by atoms with van der Waals surface area (Å²) in [5.41, 5.74) is 0.947. The standard InChI is InChI=1S/C19H30N2O4/c1-13(19(22)20-15-8-6-7-9-15)21(2)12-14-10-11-16(23-3)18(25-5)17(14)24-4/h10-11,13,15H,6-9,12H2,1-5H3,(H,20,22). The highest BCUT2D eigenvalue weighted by Gasteiger charge is 2.24. The molecule has 2 rings (SSSR count). The van der Waals surface area contributed by atoms with Crippen LogP contribution in [0.5, 0.6) is 17.2 Å². The average Bonchev–Trinajstić information content (AvgIpc) is 3.13. The molecule has 0 bridgehead atoms. The van der Waals surface area contributed by atoms with Crippen LogP contribution in [0.4, 0.5) is 0 Å². The van der Waals surface area contributed by atoms with Crippen molar-refractivity contribution >= 4 is 5.91 Å². The summed E-state index contributed by atoms with van der Waals surface area (Å²) < 4.78 is 16.3. The highest BCUT2D eigenvalue weighted by Crippen LogP contribution is 2.40. The Bertz CT molecular complexity index is 585. The molecule has 0 saturated heterocycles. The second-order valence-corrected chi connectivity index (χ2v) is 6.57. The zero-order valence-corrected chi connectivity index (χ0v) is 15.9. The quantitative estimate of drug-likeness (QED) is 0.781. The van der Waals surface area contributed by atoms with Crippen LogP contribution >= 0.6 is 0 Å². The molecule has 1 unspecified atom stereocenters. The van der Waals surface area contributed by atoms with Gasteiger partial charge in [-0.2, -0.15) is 0 Å². The van der Waals surface area contributed by atoms with Crippen LogP contribution in [0.3, 0.4) is 0 Å². The first-order valence-corrected chi connectivity index (χ1v) is 8.80. The van der Waals surface area contributed by atoms with Crippen molar-refractivity contribution in [2.75, 3.05) is 28.4 Å². The van der Waals surface area contributed by atoms with E-state index in [1.165, 1.54) is 12.8 Å². The molecular weight excluding hydrogens is 320 g/mol. The number of methoxy groups -OCH3 is 3. The summed E-state index contributed by atoms with van der Waals surface area (Å²) in [7, 11) is 6.73. The summed E-state index contributed by atoms with van der Waals surface area (Å²) in [5, 5.41) is 3.16. The second-order valence-electron chi connectivity index (χ2n) is 6.57. The van der Waals surface area contributed by atoms with Gasteiger partial charge in [0.05, 0.1) is 27.4 Å². The van der Waals surface area contributed by atoms with E-state index < -0.39 is 0 Å². The third kappa shape index (κ3) is 4.57. The first-order valence-electron chi connectivity index (χ1n) is 8.80. The molecule has 25 heavy (non-hydrogen) atoms. The van der Waals surface area contributed by atoms with E-state index in [4.69, 9.17) is 14.2 Å². The van der Waals surface area contributed by atoms with Gasteiger partial charge in [0, 0.05) is 18.2 Å². The van der Waals surface area contributed by atoms with Gasteiger partial charge in [-0.1, -0.05) is 18.9 Å². The van der Waals surface area contributed by atoms with Gasteiger partial charge in [-0.3, -0.25) is 9.69 Å². The smallest absolute Gasteiger partial charge is 0.237 e. The van der Waals surface area contributed by atoms with E-state index in [9.17, 15) is 4.79 Å². The Morgan fingerprint density at radius 1 is 1.16 bits per heavy atom. The van der Waals surface area contributed by atoms with Crippen molar-refractivity contribution in [3.63, 3.8) is 0 Å². The van der Waals surface area contributed by atoms with Crippen molar-refractivity contribution in [3.05, 3.63) is 17.7 Å². The van der Waals surface area contributed by atoms with Crippen molar-refractivity contribution in [3.8, 4) is 17.2 Å². The number of nitrogens with one attached hydrogen (secondary N) is 1. The van der Waals surface area contributed by atoms with Crippen molar-refractivity contribution in [2.24, 2.45) is 0 Å². The molecule has 1 aromatic rings. The Kier molecular flexibility index (Phi) is 6.93. The SMILES string of the molecule is COc1ccc(CN(C)C(C)C(=O)NC2CCCC2)c(OC)c1OC. The largest absolute Gasteiger partial charge is 0.493 e. The highest BCUT2D eigenvalue weighted by atomic mass is 16.5. The third-order valence-electron chi connectivity index (χ3n) is 4.95. The Morgan fingerprint density at radius 2 is 1.80 bits per heavy atom. The monoisotopic (exact) mass is 350 g/mol. The molecule has 140 valence electrons. The number of amides is 1. The van der Waals surface area contributed by atoms with E-state index in [-0.39, 0.29) is 11.9 Å². The maximum atomic E-state index is 12.5. The van der Waals surface area contributed by atoms with E-state index in [2.05, 4.69) is 5.32 Å². The zero-order valence-electron chi connectivity index (χ0n) is 15.9. The normalized spacial score (nSPS) is 15.9. The zero-order chi connectivity index (χ0) is 18.4. The number of benzene rings is 1. The molecule has 0 spiro atoms. The minimum atomic E-state index is -0.224. The Morgan fingerprint density at radius 3 is 2.36 bits per heavy atom. The second kappa shape index (κ2) is 8.94. The lowest BCUT2D eigenvalue weighted by Gasteiger charge is -2.26. The maximum Gasteiger partial charge on any atom is 0.237 e. The maximum absolute atomic E-state index is 12.5. The van der Waals surface area contributed by atoms with E-state index >= 15 is 0 Å². The third-order valence-corrected chi connectivity index (χ3v) is 4.95. The van der Waals surface area contributed by atoms with Crippen LogP contribution in [0.2, 0.25) is 0 Å². The molecule has 1 atom stereocenters. The van der Waals surface area contributed by atoms with Gasteiger partial charge >= 0.3 is 0 Å². The van der Waals surface area contributed by atoms with Gasteiger partial charge in [-0.25, -0.2) is 0 Å². The minimum Gasteiger partial charge on any atom is -0.493 e. The van der Waals surface area contributed by atoms with Gasteiger partial charge < -0.3 is 19.5 Å². The predicted octanol–water partition coefficient (Wildman–Crippen LogP) is 2.59. The van der Waals surface area contributed by atoms with Crippen LogP contribution in [0, 0.1) is 0 Å². The first kappa shape index (κ1) is 19.4. The van der Waals surface area contributed by atoms with Gasteiger partial charge in [-0.05, 0) is 32.9 Å². The summed E-state index contributed by atoms with van der Waals surface area (Å²) >= 11 is 0. The van der Waals surface area contributed by atoms with Gasteiger partial charge in [0.1, 0.15) is 0 Å². The molecule has 0 aliphatic heterocycles. The predicted molar refractivity (Wildman–Crippen MR) is 97.4 cm³/mol. The Hall–Kier alpha value is -1.95. The van der Waals surface area contributed by atoms with Crippen molar-refractivity contribution in [2.45, 2.75) is 51.2 Å². The number of ether oxygens (including phenoxy) is 3. The molecule has 1 saturated carbocycles. The molecule has 6 nitrogen and oxygen atoms in total. The molecule has 1 aromatic carbocycles. The number of carbonyl (C=O) groups excluding carboxylic acids is 1. The van der Waals surface area contributed by atoms with Crippen LogP contribution in [0.25, 0.3) is 0 Å². The summed E-state index contributed by atoms with van der Waals surface area (Å²) in [6.07, 6.45) is 4.59. The molecule has 1 aliphatic rings. The molecule has 1 amide bonds. The summed E-state index contributed by atoms with van der Waals surface area (Å²) in [6, 6.07) is 3.91. The van der Waals surface area contributed by atoms with Crippen LogP contribution in [-0.4, -0.2) is 51.3 Å². The molecule has 0 radical (unpaired) electrons. The first-order chi connectivity index (χ1) is 12.0. The number of carbonyl (C=O) groups is 1. The molecule has 1 N–H and O–H groups in total. The number of hydrogen-bond acceptors (Lipinski definition) is 5. The van der Waals surface area contributed by atoms with Crippen molar-refractivity contribution in [1.29, 1.82) is 0 Å². The lowest BCUT2D eigenvalue weighted by molar-refractivity contribution is -0.126. The number of nitrogens with zero attached hydrogens (tertiary/aromatic N) is 1. The number of likely N-dealkylation sites (N-methyl/N-ethyl adjacent to an activating group) is 1. The molecule has 1 fully saturated rings. The van der Waals surface area contributed by atoms with Crippen molar-refractivity contribution in [1.82, 2.24) is 10.2 Å². The van der Waals surface area contributed by atoms with E-state index in [1.54, 1.807) is 21.3 Å². The molecule has 6 heteroatoms. The van der Waals surface area contributed by atoms with E-state index in [0.29, 0.717) is 29.8 Å². The van der Waals surface area contributed by atoms with Gasteiger partial charge in [0.2, 0.25) is 11.7 Å². The summed E-state index contributed by atoms with van der Waals surface area (Å²) in [6.45, 7) is 2.50.